The summed E-state index contributed by atoms with van der Waals surface area (Å²) < 4.78 is 27.2. The van der Waals surface area contributed by atoms with Gasteiger partial charge in [-0.3, -0.25) is 4.79 Å². The van der Waals surface area contributed by atoms with Crippen LogP contribution in [0, 0.1) is 11.6 Å². The molecule has 0 aliphatic rings. The first-order valence-corrected chi connectivity index (χ1v) is 7.98. The highest BCUT2D eigenvalue weighted by Gasteiger charge is 2.14. The maximum Gasteiger partial charge on any atom is 0.276 e. The molecule has 1 aromatic heterocycles. The quantitative estimate of drug-likeness (QED) is 0.648. The van der Waals surface area contributed by atoms with Gasteiger partial charge in [0.15, 0.2) is 0 Å². The molecule has 0 atom stereocenters. The van der Waals surface area contributed by atoms with Gasteiger partial charge in [-0.15, -0.1) is 0 Å². The van der Waals surface area contributed by atoms with Gasteiger partial charge in [-0.25, -0.2) is 18.7 Å². The molecule has 1 heterocycles. The van der Waals surface area contributed by atoms with E-state index in [2.05, 4.69) is 20.6 Å². The number of hydrogen-bond donors (Lipinski definition) is 2. The summed E-state index contributed by atoms with van der Waals surface area (Å²) in [7, 11) is 0. The minimum atomic E-state index is -0.887. The van der Waals surface area contributed by atoms with E-state index in [0.29, 0.717) is 21.6 Å². The Balaban J connectivity index is 1.73. The maximum absolute atomic E-state index is 13.6. The van der Waals surface area contributed by atoms with Crippen molar-refractivity contribution < 1.29 is 13.6 Å². The number of para-hydroxylation sites is 1. The average molecular weight is 395 g/mol. The minimum absolute atomic E-state index is 0.109. The van der Waals surface area contributed by atoms with Crippen LogP contribution in [0.25, 0.3) is 0 Å². The van der Waals surface area contributed by atoms with Crippen molar-refractivity contribution in [3.8, 4) is 0 Å². The molecular formula is C17H10Cl2F2N4O. The highest BCUT2D eigenvalue weighted by Crippen LogP contribution is 2.24. The molecule has 0 aliphatic carbocycles. The standard InChI is InChI=1S/C17H10Cl2F2N4O/c18-9-4-10(19)6-11(5-9)24-15-8-22-14(7-23-15)17(26)25-16-12(20)2-1-3-13(16)21/h1-8H,(H,23,24)(H,25,26). The zero-order chi connectivity index (χ0) is 18.7. The Labute approximate surface area is 157 Å². The van der Waals surface area contributed by atoms with Crippen LogP contribution in [0.2, 0.25) is 10.0 Å². The van der Waals surface area contributed by atoms with E-state index in [1.807, 2.05) is 0 Å². The number of carbonyl (C=O) groups excluding carboxylic acids is 1. The second-order valence-electron chi connectivity index (χ2n) is 5.12. The number of anilines is 3. The molecule has 5 nitrogen and oxygen atoms in total. The lowest BCUT2D eigenvalue weighted by molar-refractivity contribution is 0.102. The molecule has 2 N–H and O–H groups in total. The topological polar surface area (TPSA) is 66.9 Å². The van der Waals surface area contributed by atoms with Crippen molar-refractivity contribution in [1.29, 1.82) is 0 Å². The van der Waals surface area contributed by atoms with Crippen molar-refractivity contribution in [1.82, 2.24) is 9.97 Å². The third kappa shape index (κ3) is 4.25. The molecule has 2 aromatic carbocycles. The normalized spacial score (nSPS) is 10.5. The van der Waals surface area contributed by atoms with E-state index >= 15 is 0 Å². The van der Waals surface area contributed by atoms with E-state index in [0.717, 1.165) is 12.1 Å². The van der Waals surface area contributed by atoms with Crippen molar-refractivity contribution in [2.45, 2.75) is 0 Å². The number of aromatic nitrogens is 2. The largest absolute Gasteiger partial charge is 0.339 e. The first kappa shape index (κ1) is 18.0. The summed E-state index contributed by atoms with van der Waals surface area (Å²) in [5.74, 6) is -2.24. The summed E-state index contributed by atoms with van der Waals surface area (Å²) in [5, 5.41) is 5.94. The Kier molecular flexibility index (Phi) is 5.29. The third-order valence-electron chi connectivity index (χ3n) is 3.22. The molecule has 0 unspecified atom stereocenters. The summed E-state index contributed by atoms with van der Waals surface area (Å²) in [6.07, 6.45) is 2.46. The van der Waals surface area contributed by atoms with Gasteiger partial charge >= 0.3 is 0 Å². The molecule has 26 heavy (non-hydrogen) atoms. The molecule has 0 radical (unpaired) electrons. The number of rotatable bonds is 4. The predicted octanol–water partition coefficient (Wildman–Crippen LogP) is 5.06. The molecule has 0 saturated carbocycles. The monoisotopic (exact) mass is 394 g/mol. The fourth-order valence-corrected chi connectivity index (χ4v) is 2.60. The summed E-state index contributed by atoms with van der Waals surface area (Å²) >= 11 is 11.8. The highest BCUT2D eigenvalue weighted by molar-refractivity contribution is 6.35. The highest BCUT2D eigenvalue weighted by atomic mass is 35.5. The van der Waals surface area contributed by atoms with Gasteiger partial charge in [0.1, 0.15) is 28.8 Å². The molecule has 132 valence electrons. The molecule has 0 saturated heterocycles. The lowest BCUT2D eigenvalue weighted by Crippen LogP contribution is -2.16. The summed E-state index contributed by atoms with van der Waals surface area (Å²) in [6.45, 7) is 0. The number of halogens is 4. The summed E-state index contributed by atoms with van der Waals surface area (Å²) in [6, 6.07) is 8.12. The fourth-order valence-electron chi connectivity index (χ4n) is 2.08. The lowest BCUT2D eigenvalue weighted by Gasteiger charge is -2.08. The molecule has 0 aliphatic heterocycles. The van der Waals surface area contributed by atoms with E-state index < -0.39 is 23.2 Å². The van der Waals surface area contributed by atoms with E-state index in [1.54, 1.807) is 18.2 Å². The zero-order valence-electron chi connectivity index (χ0n) is 12.9. The van der Waals surface area contributed by atoms with Gasteiger partial charge in [-0.05, 0) is 30.3 Å². The minimum Gasteiger partial charge on any atom is -0.339 e. The van der Waals surface area contributed by atoms with Crippen LogP contribution in [0.5, 0.6) is 0 Å². The van der Waals surface area contributed by atoms with E-state index in [9.17, 15) is 13.6 Å². The third-order valence-corrected chi connectivity index (χ3v) is 3.66. The first-order chi connectivity index (χ1) is 12.4. The second-order valence-corrected chi connectivity index (χ2v) is 5.99. The molecule has 0 bridgehead atoms. The summed E-state index contributed by atoms with van der Waals surface area (Å²) in [5.41, 5.74) is -0.0696. The van der Waals surface area contributed by atoms with Gasteiger partial charge in [0.25, 0.3) is 5.91 Å². The second kappa shape index (κ2) is 7.63. The maximum atomic E-state index is 13.6. The van der Waals surface area contributed by atoms with Crippen molar-refractivity contribution in [3.63, 3.8) is 0 Å². The molecule has 0 fully saturated rings. The van der Waals surface area contributed by atoms with Gasteiger partial charge in [-0.1, -0.05) is 29.3 Å². The number of carbonyl (C=O) groups is 1. The zero-order valence-corrected chi connectivity index (χ0v) is 14.4. The predicted molar refractivity (Wildman–Crippen MR) is 96.1 cm³/mol. The number of hydrogen-bond acceptors (Lipinski definition) is 4. The van der Waals surface area contributed by atoms with Crippen LogP contribution in [0.3, 0.4) is 0 Å². The number of nitrogens with zero attached hydrogens (tertiary/aromatic N) is 2. The SMILES string of the molecule is O=C(Nc1c(F)cccc1F)c1cnc(Nc2cc(Cl)cc(Cl)c2)cn1. The van der Waals surface area contributed by atoms with E-state index in [1.165, 1.54) is 18.5 Å². The average Bonchev–Trinajstić information content (AvgIpc) is 2.58. The Morgan fingerprint density at radius 1 is 0.962 bits per heavy atom. The van der Waals surface area contributed by atoms with Crippen molar-refractivity contribution >= 4 is 46.3 Å². The van der Waals surface area contributed by atoms with Crippen LogP contribution >= 0.6 is 23.2 Å². The Hall–Kier alpha value is -2.77. The Morgan fingerprint density at radius 2 is 1.62 bits per heavy atom. The van der Waals surface area contributed by atoms with Crippen LogP contribution in [0.4, 0.5) is 26.0 Å². The van der Waals surface area contributed by atoms with Crippen LogP contribution < -0.4 is 10.6 Å². The smallest absolute Gasteiger partial charge is 0.276 e. The Morgan fingerprint density at radius 3 is 2.19 bits per heavy atom. The molecule has 3 aromatic rings. The Bertz CT molecular complexity index is 927. The molecule has 0 spiro atoms. The fraction of sp³-hybridized carbons (Fsp3) is 0. The van der Waals surface area contributed by atoms with Gasteiger partial charge < -0.3 is 10.6 Å². The number of benzene rings is 2. The molecular weight excluding hydrogens is 385 g/mol. The van der Waals surface area contributed by atoms with Gasteiger partial charge in [-0.2, -0.15) is 0 Å². The molecule has 3 rings (SSSR count). The number of nitrogens with one attached hydrogen (secondary N) is 2. The van der Waals surface area contributed by atoms with Crippen LogP contribution in [0.1, 0.15) is 10.5 Å². The van der Waals surface area contributed by atoms with Crippen molar-refractivity contribution in [2.75, 3.05) is 10.6 Å². The first-order valence-electron chi connectivity index (χ1n) is 7.23. The van der Waals surface area contributed by atoms with E-state index in [-0.39, 0.29) is 5.69 Å². The van der Waals surface area contributed by atoms with Crippen molar-refractivity contribution in [2.24, 2.45) is 0 Å². The summed E-state index contributed by atoms with van der Waals surface area (Å²) in [4.78, 5) is 20.0. The lowest BCUT2D eigenvalue weighted by atomic mass is 10.2. The van der Waals surface area contributed by atoms with Gasteiger partial charge in [0.05, 0.1) is 12.4 Å². The molecule has 9 heteroatoms. The number of amides is 1. The van der Waals surface area contributed by atoms with Crippen LogP contribution in [0.15, 0.2) is 48.8 Å². The van der Waals surface area contributed by atoms with E-state index in [4.69, 9.17) is 23.2 Å². The van der Waals surface area contributed by atoms with Crippen molar-refractivity contribution in [3.05, 3.63) is 76.2 Å². The molecule has 1 amide bonds. The van der Waals surface area contributed by atoms with Gasteiger partial charge in [0, 0.05) is 15.7 Å². The van der Waals surface area contributed by atoms with Crippen LogP contribution in [-0.4, -0.2) is 15.9 Å². The van der Waals surface area contributed by atoms with Gasteiger partial charge in [0.2, 0.25) is 0 Å². The van der Waals surface area contributed by atoms with Crippen LogP contribution in [-0.2, 0) is 0 Å².